The molecule has 0 unspecified atom stereocenters. The van der Waals surface area contributed by atoms with Gasteiger partial charge in [0.25, 0.3) is 0 Å². The van der Waals surface area contributed by atoms with Gasteiger partial charge in [0, 0.05) is 33.8 Å². The molecule has 0 saturated carbocycles. The lowest BCUT2D eigenvalue weighted by atomic mass is 10.3. The van der Waals surface area contributed by atoms with Crippen molar-refractivity contribution in [3.8, 4) is 0 Å². The van der Waals surface area contributed by atoms with Gasteiger partial charge in [-0.25, -0.2) is 8.42 Å². The van der Waals surface area contributed by atoms with E-state index in [9.17, 15) is 8.42 Å². The van der Waals surface area contributed by atoms with Crippen LogP contribution in [0.1, 0.15) is 11.3 Å². The normalized spacial score (nSPS) is 12.0. The molecule has 114 valence electrons. The van der Waals surface area contributed by atoms with Crippen molar-refractivity contribution in [3.63, 3.8) is 0 Å². The number of nitrogen functional groups attached to an aromatic ring is 1. The number of sulfonamides is 1. The van der Waals surface area contributed by atoms with Crippen LogP contribution >= 0.6 is 31.9 Å². The SMILES string of the molecule is Cc1occc1CN(C)S(=O)(=O)c1c(Br)cc(N)cc1Br. The Labute approximate surface area is 140 Å². The van der Waals surface area contributed by atoms with Gasteiger partial charge >= 0.3 is 0 Å². The molecule has 0 bridgehead atoms. The molecule has 0 fully saturated rings. The van der Waals surface area contributed by atoms with E-state index in [1.807, 2.05) is 0 Å². The average Bonchev–Trinajstić information content (AvgIpc) is 2.73. The van der Waals surface area contributed by atoms with Gasteiger partial charge in [0.15, 0.2) is 0 Å². The lowest BCUT2D eigenvalue weighted by Gasteiger charge is -2.19. The minimum absolute atomic E-state index is 0.153. The first kappa shape index (κ1) is 16.5. The maximum Gasteiger partial charge on any atom is 0.245 e. The molecule has 0 aliphatic rings. The van der Waals surface area contributed by atoms with Crippen molar-refractivity contribution in [2.45, 2.75) is 18.4 Å². The van der Waals surface area contributed by atoms with Gasteiger partial charge in [-0.1, -0.05) is 0 Å². The predicted octanol–water partition coefficient (Wildman–Crippen LogP) is 3.52. The van der Waals surface area contributed by atoms with Crippen molar-refractivity contribution < 1.29 is 12.8 Å². The zero-order valence-corrected chi connectivity index (χ0v) is 15.4. The van der Waals surface area contributed by atoms with E-state index in [4.69, 9.17) is 10.2 Å². The molecule has 0 amide bonds. The highest BCUT2D eigenvalue weighted by atomic mass is 79.9. The lowest BCUT2D eigenvalue weighted by molar-refractivity contribution is 0.458. The van der Waals surface area contributed by atoms with Crippen LogP contribution in [0.3, 0.4) is 0 Å². The second-order valence-corrected chi connectivity index (χ2v) is 8.27. The Kier molecular flexibility index (Phi) is 4.82. The number of furan rings is 1. The number of hydrogen-bond donors (Lipinski definition) is 1. The third kappa shape index (κ3) is 3.33. The Morgan fingerprint density at radius 3 is 2.33 bits per heavy atom. The molecule has 0 aliphatic carbocycles. The Hall–Kier alpha value is -0.830. The molecule has 0 atom stereocenters. The minimum atomic E-state index is -3.67. The van der Waals surface area contributed by atoms with Crippen molar-refractivity contribution in [1.29, 1.82) is 0 Å². The second kappa shape index (κ2) is 6.12. The first-order valence-corrected chi connectivity index (χ1v) is 9.00. The van der Waals surface area contributed by atoms with Gasteiger partial charge in [0.05, 0.1) is 6.26 Å². The summed E-state index contributed by atoms with van der Waals surface area (Å²) in [5.74, 6) is 0.701. The molecule has 0 saturated heterocycles. The maximum atomic E-state index is 12.7. The van der Waals surface area contributed by atoms with Crippen LogP contribution in [0.25, 0.3) is 0 Å². The fourth-order valence-corrected chi connectivity index (χ4v) is 5.56. The van der Waals surface area contributed by atoms with E-state index in [1.54, 1.807) is 31.4 Å². The van der Waals surface area contributed by atoms with Gasteiger partial charge in [-0.05, 0) is 57.0 Å². The van der Waals surface area contributed by atoms with E-state index in [0.717, 1.165) is 5.56 Å². The summed E-state index contributed by atoms with van der Waals surface area (Å²) in [4.78, 5) is 0.153. The van der Waals surface area contributed by atoms with Crippen LogP contribution in [-0.2, 0) is 16.6 Å². The molecule has 1 aromatic heterocycles. The average molecular weight is 438 g/mol. The van der Waals surface area contributed by atoms with Crippen LogP contribution in [0.2, 0.25) is 0 Å². The maximum absolute atomic E-state index is 12.7. The smallest absolute Gasteiger partial charge is 0.245 e. The summed E-state index contributed by atoms with van der Waals surface area (Å²) in [5, 5.41) is 0. The number of anilines is 1. The van der Waals surface area contributed by atoms with Crippen LogP contribution in [0.4, 0.5) is 5.69 Å². The summed E-state index contributed by atoms with van der Waals surface area (Å²) >= 11 is 6.52. The fraction of sp³-hybridized carbons (Fsp3) is 0.231. The molecule has 0 radical (unpaired) electrons. The van der Waals surface area contributed by atoms with E-state index in [-0.39, 0.29) is 11.4 Å². The van der Waals surface area contributed by atoms with E-state index in [2.05, 4.69) is 31.9 Å². The van der Waals surface area contributed by atoms with E-state index in [1.165, 1.54) is 11.4 Å². The second-order valence-electron chi connectivity index (χ2n) is 4.58. The molecule has 21 heavy (non-hydrogen) atoms. The molecule has 0 aliphatic heterocycles. The summed E-state index contributed by atoms with van der Waals surface area (Å²) < 4.78 is 32.7. The molecule has 0 spiro atoms. The van der Waals surface area contributed by atoms with Crippen molar-refractivity contribution in [3.05, 3.63) is 44.7 Å². The van der Waals surface area contributed by atoms with Crippen molar-refractivity contribution in [1.82, 2.24) is 4.31 Å². The number of nitrogens with two attached hydrogens (primary N) is 1. The summed E-state index contributed by atoms with van der Waals surface area (Å²) in [6.45, 7) is 2.03. The third-order valence-corrected chi connectivity index (χ3v) is 6.73. The molecular formula is C13H14Br2N2O3S. The van der Waals surface area contributed by atoms with Crippen LogP contribution < -0.4 is 5.73 Å². The van der Waals surface area contributed by atoms with Gasteiger partial charge in [-0.3, -0.25) is 0 Å². The van der Waals surface area contributed by atoms with Gasteiger partial charge in [-0.2, -0.15) is 4.31 Å². The monoisotopic (exact) mass is 436 g/mol. The molecule has 1 aromatic carbocycles. The molecule has 2 N–H and O–H groups in total. The summed E-state index contributed by atoms with van der Waals surface area (Å²) in [6, 6.07) is 4.89. The number of benzene rings is 1. The predicted molar refractivity (Wildman–Crippen MR) is 88.4 cm³/mol. The number of rotatable bonds is 4. The standard InChI is InChI=1S/C13H14Br2N2O3S/c1-8-9(3-4-20-8)7-17(2)21(18,19)13-11(14)5-10(16)6-12(13)15/h3-6H,7,16H2,1-2H3. The van der Waals surface area contributed by atoms with Gasteiger partial charge < -0.3 is 10.2 Å². The highest BCUT2D eigenvalue weighted by molar-refractivity contribution is 9.11. The van der Waals surface area contributed by atoms with Gasteiger partial charge in [0.2, 0.25) is 10.0 Å². The van der Waals surface area contributed by atoms with Crippen molar-refractivity contribution >= 4 is 47.6 Å². The topological polar surface area (TPSA) is 76.5 Å². The zero-order valence-electron chi connectivity index (χ0n) is 11.4. The molecule has 5 nitrogen and oxygen atoms in total. The highest BCUT2D eigenvalue weighted by Gasteiger charge is 2.27. The van der Waals surface area contributed by atoms with Crippen LogP contribution in [0, 0.1) is 6.92 Å². The summed E-state index contributed by atoms with van der Waals surface area (Å²) in [7, 11) is -2.14. The van der Waals surface area contributed by atoms with Gasteiger partial charge in [-0.15, -0.1) is 0 Å². The molecule has 2 aromatic rings. The quantitative estimate of drug-likeness (QED) is 0.742. The zero-order chi connectivity index (χ0) is 15.8. The Morgan fingerprint density at radius 1 is 1.29 bits per heavy atom. The highest BCUT2D eigenvalue weighted by Crippen LogP contribution is 2.34. The number of nitrogens with zero attached hydrogens (tertiary/aromatic N) is 1. The first-order chi connectivity index (χ1) is 9.73. The number of halogens is 2. The fourth-order valence-electron chi connectivity index (χ4n) is 1.88. The van der Waals surface area contributed by atoms with E-state index < -0.39 is 10.0 Å². The summed E-state index contributed by atoms with van der Waals surface area (Å²) in [6.07, 6.45) is 1.54. The number of aryl methyl sites for hydroxylation is 1. The molecule has 1 heterocycles. The Morgan fingerprint density at radius 2 is 1.86 bits per heavy atom. The largest absolute Gasteiger partial charge is 0.469 e. The lowest BCUT2D eigenvalue weighted by Crippen LogP contribution is -2.27. The van der Waals surface area contributed by atoms with E-state index in [0.29, 0.717) is 20.4 Å². The third-order valence-electron chi connectivity index (χ3n) is 3.05. The van der Waals surface area contributed by atoms with E-state index >= 15 is 0 Å². The first-order valence-electron chi connectivity index (χ1n) is 5.97. The van der Waals surface area contributed by atoms with Crippen molar-refractivity contribution in [2.24, 2.45) is 0 Å². The van der Waals surface area contributed by atoms with Crippen LogP contribution in [0.15, 0.2) is 42.7 Å². The van der Waals surface area contributed by atoms with Gasteiger partial charge in [0.1, 0.15) is 10.7 Å². The Balaban J connectivity index is 2.40. The molecular weight excluding hydrogens is 424 g/mol. The molecule has 2 rings (SSSR count). The molecule has 8 heteroatoms. The number of hydrogen-bond acceptors (Lipinski definition) is 4. The van der Waals surface area contributed by atoms with Crippen LogP contribution in [-0.4, -0.2) is 19.8 Å². The Bertz CT molecular complexity index is 748. The summed E-state index contributed by atoms with van der Waals surface area (Å²) in [5.41, 5.74) is 6.99. The minimum Gasteiger partial charge on any atom is -0.469 e. The van der Waals surface area contributed by atoms with Crippen LogP contribution in [0.5, 0.6) is 0 Å². The van der Waals surface area contributed by atoms with Crippen molar-refractivity contribution in [2.75, 3.05) is 12.8 Å².